The topological polar surface area (TPSA) is 135 Å². The van der Waals surface area contributed by atoms with Crippen LogP contribution in [-0.4, -0.2) is 48.1 Å². The maximum Gasteiger partial charge on any atom is 0.243 e. The van der Waals surface area contributed by atoms with Crippen molar-refractivity contribution in [3.63, 3.8) is 0 Å². The normalized spacial score (nSPS) is 11.5. The highest BCUT2D eigenvalue weighted by Crippen LogP contribution is 2.37. The molecule has 0 unspecified atom stereocenters. The summed E-state index contributed by atoms with van der Waals surface area (Å²) in [5, 5.41) is 8.21. The maximum absolute atomic E-state index is 12.8. The van der Waals surface area contributed by atoms with E-state index in [2.05, 4.69) is 19.9 Å². The highest BCUT2D eigenvalue weighted by Gasteiger charge is 2.26. The second kappa shape index (κ2) is 8.75. The first kappa shape index (κ1) is 21.4. The van der Waals surface area contributed by atoms with Gasteiger partial charge < -0.3 is 18.3 Å². The summed E-state index contributed by atoms with van der Waals surface area (Å²) >= 11 is 0. The molecule has 12 heteroatoms. The van der Waals surface area contributed by atoms with Crippen LogP contribution >= 0.6 is 0 Å². The van der Waals surface area contributed by atoms with Gasteiger partial charge in [0.2, 0.25) is 21.8 Å². The predicted molar refractivity (Wildman–Crippen MR) is 115 cm³/mol. The van der Waals surface area contributed by atoms with Crippen molar-refractivity contribution in [1.82, 2.24) is 19.7 Å². The number of hydrogen-bond donors (Lipinski definition) is 1. The number of oxazole rings is 1. The Hall–Kier alpha value is -3.80. The van der Waals surface area contributed by atoms with E-state index in [0.717, 1.165) is 0 Å². The van der Waals surface area contributed by atoms with Gasteiger partial charge in [0.15, 0.2) is 11.7 Å². The van der Waals surface area contributed by atoms with Gasteiger partial charge in [0.25, 0.3) is 0 Å². The van der Waals surface area contributed by atoms with E-state index in [1.807, 2.05) is 0 Å². The van der Waals surface area contributed by atoms with Crippen molar-refractivity contribution in [2.24, 2.45) is 0 Å². The number of hydrogen-bond acceptors (Lipinski definition) is 9. The Morgan fingerprint density at radius 1 is 1.06 bits per heavy atom. The van der Waals surface area contributed by atoms with Crippen LogP contribution in [0.1, 0.15) is 11.6 Å². The van der Waals surface area contributed by atoms with Gasteiger partial charge in [0.1, 0.15) is 23.4 Å². The molecule has 0 amide bonds. The number of sulfonamides is 1. The zero-order chi connectivity index (χ0) is 22.7. The van der Waals surface area contributed by atoms with Crippen LogP contribution in [0.5, 0.6) is 11.5 Å². The Morgan fingerprint density at radius 3 is 2.41 bits per heavy atom. The first-order valence-electron chi connectivity index (χ1n) is 9.54. The molecule has 0 saturated heterocycles. The maximum atomic E-state index is 12.8. The molecule has 0 spiro atoms. The predicted octanol–water partition coefficient (Wildman–Crippen LogP) is 2.83. The number of nitrogens with zero attached hydrogens (tertiary/aromatic N) is 4. The van der Waals surface area contributed by atoms with Crippen LogP contribution in [0.4, 0.5) is 5.95 Å². The number of furan rings is 1. The Kier molecular flexibility index (Phi) is 5.86. The van der Waals surface area contributed by atoms with Gasteiger partial charge >= 0.3 is 0 Å². The van der Waals surface area contributed by atoms with E-state index >= 15 is 0 Å². The number of ether oxygens (including phenoxy) is 2. The molecule has 0 fully saturated rings. The summed E-state index contributed by atoms with van der Waals surface area (Å²) in [4.78, 5) is 4.13. The molecular weight excluding hydrogens is 438 g/mol. The first-order chi connectivity index (χ1) is 15.4. The SMILES string of the molecule is COc1cccc(OC)c1-n1c(NS(=O)(=O)CCc2coc(C)n2)nnc1-c1ccco1. The number of para-hydroxylation sites is 1. The second-order valence-corrected chi connectivity index (χ2v) is 8.54. The standard InChI is InChI=1S/C20H21N5O6S/c1-13-21-14(12-31-13)9-11-32(26,27)24-20-23-22-19(17-8-5-10-30-17)25(20)18-15(28-2)6-4-7-16(18)29-3/h4-8,10,12H,9,11H2,1-3H3,(H,23,24). The third-order valence-corrected chi connectivity index (χ3v) is 5.81. The van der Waals surface area contributed by atoms with Crippen LogP contribution in [0.2, 0.25) is 0 Å². The number of aryl methyl sites for hydroxylation is 2. The highest BCUT2D eigenvalue weighted by molar-refractivity contribution is 7.92. The van der Waals surface area contributed by atoms with Crippen LogP contribution in [0, 0.1) is 6.92 Å². The molecule has 0 aliphatic carbocycles. The molecule has 168 valence electrons. The number of methoxy groups -OCH3 is 2. The van der Waals surface area contributed by atoms with Crippen molar-refractivity contribution < 1.29 is 26.7 Å². The largest absolute Gasteiger partial charge is 0.494 e. The van der Waals surface area contributed by atoms with E-state index in [4.69, 9.17) is 18.3 Å². The number of aromatic nitrogens is 4. The average molecular weight is 459 g/mol. The quantitative estimate of drug-likeness (QED) is 0.401. The van der Waals surface area contributed by atoms with Crippen molar-refractivity contribution in [2.75, 3.05) is 24.7 Å². The van der Waals surface area contributed by atoms with Crippen LogP contribution < -0.4 is 14.2 Å². The summed E-state index contributed by atoms with van der Waals surface area (Å²) in [5.74, 6) is 1.69. The zero-order valence-electron chi connectivity index (χ0n) is 17.6. The van der Waals surface area contributed by atoms with E-state index in [-0.39, 0.29) is 23.9 Å². The zero-order valence-corrected chi connectivity index (χ0v) is 18.4. The summed E-state index contributed by atoms with van der Waals surface area (Å²) in [6, 6.07) is 8.57. The molecular formula is C20H21N5O6S. The lowest BCUT2D eigenvalue weighted by Gasteiger charge is -2.17. The fourth-order valence-electron chi connectivity index (χ4n) is 3.13. The molecule has 0 atom stereocenters. The van der Waals surface area contributed by atoms with Crippen molar-refractivity contribution in [1.29, 1.82) is 0 Å². The molecule has 11 nitrogen and oxygen atoms in total. The van der Waals surface area contributed by atoms with Gasteiger partial charge in [-0.05, 0) is 24.3 Å². The van der Waals surface area contributed by atoms with Crippen LogP contribution in [0.25, 0.3) is 17.3 Å². The summed E-state index contributed by atoms with van der Waals surface area (Å²) in [6.07, 6.45) is 3.09. The third kappa shape index (κ3) is 4.30. The average Bonchev–Trinajstić information content (AvgIpc) is 3.52. The minimum Gasteiger partial charge on any atom is -0.494 e. The van der Waals surface area contributed by atoms with Crippen LogP contribution in [0.15, 0.2) is 51.7 Å². The van der Waals surface area contributed by atoms with Gasteiger partial charge in [-0.25, -0.2) is 13.4 Å². The van der Waals surface area contributed by atoms with Crippen molar-refractivity contribution >= 4 is 16.0 Å². The molecule has 4 rings (SSSR count). The first-order valence-corrected chi connectivity index (χ1v) is 11.2. The minimum atomic E-state index is -3.82. The van der Waals surface area contributed by atoms with E-state index in [1.54, 1.807) is 37.3 Å². The number of rotatable bonds is 9. The van der Waals surface area contributed by atoms with E-state index < -0.39 is 10.0 Å². The van der Waals surface area contributed by atoms with Crippen molar-refractivity contribution in [2.45, 2.75) is 13.3 Å². The summed E-state index contributed by atoms with van der Waals surface area (Å²) in [5.41, 5.74) is 0.954. The third-order valence-electron chi connectivity index (χ3n) is 4.57. The van der Waals surface area contributed by atoms with Gasteiger partial charge in [0.05, 0.1) is 31.9 Å². The molecule has 3 heterocycles. The Balaban J connectivity index is 1.76. The molecule has 32 heavy (non-hydrogen) atoms. The summed E-state index contributed by atoms with van der Waals surface area (Å²) < 4.78 is 51.2. The van der Waals surface area contributed by atoms with Crippen LogP contribution in [-0.2, 0) is 16.4 Å². The van der Waals surface area contributed by atoms with E-state index in [0.29, 0.717) is 34.5 Å². The molecule has 4 aromatic rings. The summed E-state index contributed by atoms with van der Waals surface area (Å²) in [7, 11) is -0.818. The monoisotopic (exact) mass is 459 g/mol. The fourth-order valence-corrected chi connectivity index (χ4v) is 4.12. The number of nitrogens with one attached hydrogen (secondary N) is 1. The molecule has 1 aromatic carbocycles. The van der Waals surface area contributed by atoms with Gasteiger partial charge in [0, 0.05) is 13.3 Å². The summed E-state index contributed by atoms with van der Waals surface area (Å²) in [6.45, 7) is 1.69. The molecule has 0 radical (unpaired) electrons. The van der Waals surface area contributed by atoms with Gasteiger partial charge in [-0.2, -0.15) is 0 Å². The van der Waals surface area contributed by atoms with Gasteiger partial charge in [-0.3, -0.25) is 9.29 Å². The lowest BCUT2D eigenvalue weighted by molar-refractivity contribution is 0.391. The van der Waals surface area contributed by atoms with Crippen molar-refractivity contribution in [3.8, 4) is 28.8 Å². The van der Waals surface area contributed by atoms with Crippen molar-refractivity contribution in [3.05, 3.63) is 54.4 Å². The molecule has 0 aliphatic heterocycles. The molecule has 0 bridgehead atoms. The lowest BCUT2D eigenvalue weighted by atomic mass is 10.2. The minimum absolute atomic E-state index is 0.0458. The fraction of sp³-hybridized carbons (Fsp3) is 0.250. The molecule has 3 aromatic heterocycles. The van der Waals surface area contributed by atoms with Gasteiger partial charge in [-0.15, -0.1) is 10.2 Å². The van der Waals surface area contributed by atoms with E-state index in [1.165, 1.54) is 31.3 Å². The van der Waals surface area contributed by atoms with Gasteiger partial charge in [-0.1, -0.05) is 6.07 Å². The lowest BCUT2D eigenvalue weighted by Crippen LogP contribution is -2.21. The molecule has 1 N–H and O–H groups in total. The smallest absolute Gasteiger partial charge is 0.243 e. The Bertz CT molecular complexity index is 1290. The number of anilines is 1. The van der Waals surface area contributed by atoms with Crippen LogP contribution in [0.3, 0.4) is 0 Å². The Labute approximate surface area is 184 Å². The number of benzene rings is 1. The second-order valence-electron chi connectivity index (χ2n) is 6.70. The van der Waals surface area contributed by atoms with E-state index in [9.17, 15) is 8.42 Å². The highest BCUT2D eigenvalue weighted by atomic mass is 32.2. The molecule has 0 saturated carbocycles. The molecule has 0 aliphatic rings. The Morgan fingerprint density at radius 2 is 1.81 bits per heavy atom.